The zero-order chi connectivity index (χ0) is 16.1. The van der Waals surface area contributed by atoms with E-state index in [1.807, 2.05) is 18.2 Å². The van der Waals surface area contributed by atoms with Crippen LogP contribution in [0, 0.1) is 0 Å². The lowest BCUT2D eigenvalue weighted by Crippen LogP contribution is -2.00. The van der Waals surface area contributed by atoms with E-state index < -0.39 is 5.97 Å². The fourth-order valence-corrected chi connectivity index (χ4v) is 2.27. The number of benzene rings is 2. The molecule has 0 aliphatic carbocycles. The molecule has 0 saturated heterocycles. The summed E-state index contributed by atoms with van der Waals surface area (Å²) in [6.07, 6.45) is -0.0374. The molecule has 0 unspecified atom stereocenters. The van der Waals surface area contributed by atoms with Gasteiger partial charge < -0.3 is 19.3 Å². The van der Waals surface area contributed by atoms with Gasteiger partial charge in [-0.05, 0) is 35.4 Å². The maximum atomic E-state index is 10.9. The highest BCUT2D eigenvalue weighted by molar-refractivity contribution is 5.76. The third kappa shape index (κ3) is 3.31. The van der Waals surface area contributed by atoms with E-state index in [1.165, 1.54) is 0 Å². The van der Waals surface area contributed by atoms with Gasteiger partial charge in [0.1, 0.15) is 5.75 Å². The molecular weight excluding hydrogens is 284 g/mol. The van der Waals surface area contributed by atoms with Gasteiger partial charge in [-0.3, -0.25) is 4.79 Å². The molecule has 2 aromatic rings. The first-order valence-corrected chi connectivity index (χ1v) is 6.70. The number of carbonyl (C=O) groups is 1. The highest BCUT2D eigenvalue weighted by Gasteiger charge is 2.12. The molecule has 0 fully saturated rings. The lowest BCUT2D eigenvalue weighted by molar-refractivity contribution is -0.136. The first kappa shape index (κ1) is 15.7. The minimum atomic E-state index is -0.872. The van der Waals surface area contributed by atoms with Gasteiger partial charge in [0.25, 0.3) is 0 Å². The summed E-state index contributed by atoms with van der Waals surface area (Å²) in [4.78, 5) is 10.9. The van der Waals surface area contributed by atoms with Crippen molar-refractivity contribution in [3.63, 3.8) is 0 Å². The average molecular weight is 302 g/mol. The molecular formula is C17H18O5. The second kappa shape index (κ2) is 6.85. The van der Waals surface area contributed by atoms with Crippen molar-refractivity contribution in [2.45, 2.75) is 6.42 Å². The van der Waals surface area contributed by atoms with Crippen molar-refractivity contribution in [3.05, 3.63) is 42.0 Å². The highest BCUT2D eigenvalue weighted by Crippen LogP contribution is 2.36. The molecule has 0 atom stereocenters. The summed E-state index contributed by atoms with van der Waals surface area (Å²) in [7, 11) is 4.72. The summed E-state index contributed by atoms with van der Waals surface area (Å²) in [5, 5.41) is 8.94. The van der Waals surface area contributed by atoms with Gasteiger partial charge in [0.15, 0.2) is 11.5 Å². The average Bonchev–Trinajstić information content (AvgIpc) is 2.53. The lowest BCUT2D eigenvalue weighted by Gasteiger charge is -2.13. The van der Waals surface area contributed by atoms with Crippen LogP contribution >= 0.6 is 0 Å². The first-order valence-electron chi connectivity index (χ1n) is 6.70. The minimum absolute atomic E-state index is 0.0374. The molecule has 22 heavy (non-hydrogen) atoms. The number of methoxy groups -OCH3 is 3. The Hall–Kier alpha value is -2.69. The second-order valence-electron chi connectivity index (χ2n) is 4.67. The Kier molecular flexibility index (Phi) is 4.88. The van der Waals surface area contributed by atoms with Gasteiger partial charge >= 0.3 is 5.97 Å². The fraction of sp³-hybridized carbons (Fsp3) is 0.235. The van der Waals surface area contributed by atoms with Crippen LogP contribution in [0.25, 0.3) is 11.1 Å². The SMILES string of the molecule is COc1ccc(-c2cc(CC(=O)O)ccc2OC)cc1OC. The molecule has 5 nitrogen and oxygen atoms in total. The van der Waals surface area contributed by atoms with Gasteiger partial charge in [0.2, 0.25) is 0 Å². The van der Waals surface area contributed by atoms with Crippen molar-refractivity contribution in [2.24, 2.45) is 0 Å². The van der Waals surface area contributed by atoms with Crippen LogP contribution in [-0.4, -0.2) is 32.4 Å². The van der Waals surface area contributed by atoms with Gasteiger partial charge in [-0.1, -0.05) is 12.1 Å². The number of rotatable bonds is 6. The Morgan fingerprint density at radius 3 is 2.14 bits per heavy atom. The van der Waals surface area contributed by atoms with Crippen molar-refractivity contribution in [2.75, 3.05) is 21.3 Å². The Balaban J connectivity index is 2.52. The summed E-state index contributed by atoms with van der Waals surface area (Å²) in [6, 6.07) is 10.8. The molecule has 0 aliphatic rings. The van der Waals surface area contributed by atoms with E-state index in [0.717, 1.165) is 11.1 Å². The number of hydrogen-bond acceptors (Lipinski definition) is 4. The number of aliphatic carboxylic acids is 1. The third-order valence-electron chi connectivity index (χ3n) is 3.31. The smallest absolute Gasteiger partial charge is 0.307 e. The topological polar surface area (TPSA) is 65.0 Å². The van der Waals surface area contributed by atoms with Crippen LogP contribution in [0.3, 0.4) is 0 Å². The van der Waals surface area contributed by atoms with Crippen LogP contribution in [0.1, 0.15) is 5.56 Å². The first-order chi connectivity index (χ1) is 10.6. The van der Waals surface area contributed by atoms with E-state index in [0.29, 0.717) is 22.8 Å². The summed E-state index contributed by atoms with van der Waals surface area (Å²) in [5.41, 5.74) is 2.38. The maximum absolute atomic E-state index is 10.9. The summed E-state index contributed by atoms with van der Waals surface area (Å²) in [6.45, 7) is 0. The van der Waals surface area contributed by atoms with Crippen molar-refractivity contribution in [1.29, 1.82) is 0 Å². The van der Waals surface area contributed by atoms with E-state index in [1.54, 1.807) is 39.5 Å². The second-order valence-corrected chi connectivity index (χ2v) is 4.67. The maximum Gasteiger partial charge on any atom is 0.307 e. The predicted octanol–water partition coefficient (Wildman–Crippen LogP) is 3.01. The van der Waals surface area contributed by atoms with Gasteiger partial charge in [-0.25, -0.2) is 0 Å². The summed E-state index contributed by atoms with van der Waals surface area (Å²) in [5.74, 6) is 1.03. The fourth-order valence-electron chi connectivity index (χ4n) is 2.27. The number of ether oxygens (including phenoxy) is 3. The zero-order valence-corrected chi connectivity index (χ0v) is 12.8. The van der Waals surface area contributed by atoms with Crippen LogP contribution in [-0.2, 0) is 11.2 Å². The molecule has 0 aromatic heterocycles. The van der Waals surface area contributed by atoms with E-state index in [2.05, 4.69) is 0 Å². The number of carboxylic acid groups (broad SMARTS) is 1. The van der Waals surface area contributed by atoms with E-state index in [9.17, 15) is 4.79 Å². The molecule has 0 aliphatic heterocycles. The molecule has 0 radical (unpaired) electrons. The zero-order valence-electron chi connectivity index (χ0n) is 12.8. The molecule has 0 saturated carbocycles. The lowest BCUT2D eigenvalue weighted by atomic mass is 10.00. The van der Waals surface area contributed by atoms with E-state index in [4.69, 9.17) is 19.3 Å². The normalized spacial score (nSPS) is 10.1. The molecule has 0 bridgehead atoms. The Bertz CT molecular complexity index is 679. The van der Waals surface area contributed by atoms with Crippen molar-refractivity contribution >= 4 is 5.97 Å². The monoisotopic (exact) mass is 302 g/mol. The third-order valence-corrected chi connectivity index (χ3v) is 3.31. The van der Waals surface area contributed by atoms with Gasteiger partial charge in [0, 0.05) is 5.56 Å². The molecule has 0 amide bonds. The Morgan fingerprint density at radius 1 is 0.909 bits per heavy atom. The van der Waals surface area contributed by atoms with Crippen LogP contribution in [0.4, 0.5) is 0 Å². The molecule has 5 heteroatoms. The largest absolute Gasteiger partial charge is 0.496 e. The van der Waals surface area contributed by atoms with Crippen LogP contribution in [0.2, 0.25) is 0 Å². The van der Waals surface area contributed by atoms with Crippen LogP contribution in [0.5, 0.6) is 17.2 Å². The molecule has 0 heterocycles. The Labute approximate surface area is 129 Å². The van der Waals surface area contributed by atoms with Crippen LogP contribution in [0.15, 0.2) is 36.4 Å². The molecule has 1 N–H and O–H groups in total. The van der Waals surface area contributed by atoms with E-state index >= 15 is 0 Å². The number of carboxylic acids is 1. The van der Waals surface area contributed by atoms with Gasteiger partial charge in [-0.15, -0.1) is 0 Å². The van der Waals surface area contributed by atoms with Crippen molar-refractivity contribution in [1.82, 2.24) is 0 Å². The van der Waals surface area contributed by atoms with Crippen molar-refractivity contribution in [3.8, 4) is 28.4 Å². The molecule has 0 spiro atoms. The van der Waals surface area contributed by atoms with E-state index in [-0.39, 0.29) is 6.42 Å². The van der Waals surface area contributed by atoms with Gasteiger partial charge in [0.05, 0.1) is 27.8 Å². The van der Waals surface area contributed by atoms with Crippen molar-refractivity contribution < 1.29 is 24.1 Å². The minimum Gasteiger partial charge on any atom is -0.496 e. The van der Waals surface area contributed by atoms with Gasteiger partial charge in [-0.2, -0.15) is 0 Å². The Morgan fingerprint density at radius 2 is 1.55 bits per heavy atom. The standard InChI is InChI=1S/C17H18O5/c1-20-14-6-4-11(9-17(18)19)8-13(14)12-5-7-15(21-2)16(10-12)22-3/h4-8,10H,9H2,1-3H3,(H,18,19). The predicted molar refractivity (Wildman–Crippen MR) is 82.9 cm³/mol. The summed E-state index contributed by atoms with van der Waals surface area (Å²) >= 11 is 0. The molecule has 2 rings (SSSR count). The molecule has 116 valence electrons. The molecule has 2 aromatic carbocycles. The quantitative estimate of drug-likeness (QED) is 0.888. The van der Waals surface area contributed by atoms with Crippen LogP contribution < -0.4 is 14.2 Å². The number of hydrogen-bond donors (Lipinski definition) is 1. The highest BCUT2D eigenvalue weighted by atomic mass is 16.5. The summed E-state index contributed by atoms with van der Waals surface area (Å²) < 4.78 is 15.9.